The van der Waals surface area contributed by atoms with Crippen molar-refractivity contribution >= 4 is 29.0 Å². The molecule has 0 aromatic heterocycles. The van der Waals surface area contributed by atoms with E-state index in [-0.39, 0.29) is 12.2 Å². The molecule has 2 rings (SSSR count). The number of hydrogen-bond donors (Lipinski definition) is 0. The Morgan fingerprint density at radius 3 is 2.32 bits per heavy atom. The van der Waals surface area contributed by atoms with Crippen LogP contribution in [0.5, 0.6) is 0 Å². The molecule has 98 valence electrons. The predicted octanol–water partition coefficient (Wildman–Crippen LogP) is 4.98. The van der Waals surface area contributed by atoms with Gasteiger partial charge in [0.2, 0.25) is 0 Å². The zero-order chi connectivity index (χ0) is 13.8. The van der Waals surface area contributed by atoms with Crippen LogP contribution in [0.15, 0.2) is 42.5 Å². The summed E-state index contributed by atoms with van der Waals surface area (Å²) in [5.74, 6) is 0.0327. The van der Waals surface area contributed by atoms with Gasteiger partial charge in [0.25, 0.3) is 0 Å². The Labute approximate surface area is 123 Å². The van der Waals surface area contributed by atoms with Gasteiger partial charge in [0.15, 0.2) is 5.78 Å². The SMILES string of the molecule is CCc1cccc(C(=O)Cc2c(Cl)cccc2Cl)c1. The van der Waals surface area contributed by atoms with Crippen molar-refractivity contribution in [3.63, 3.8) is 0 Å². The highest BCUT2D eigenvalue weighted by Gasteiger charge is 2.12. The van der Waals surface area contributed by atoms with Gasteiger partial charge in [0, 0.05) is 22.0 Å². The minimum Gasteiger partial charge on any atom is -0.294 e. The summed E-state index contributed by atoms with van der Waals surface area (Å²) in [6, 6.07) is 12.9. The highest BCUT2D eigenvalue weighted by atomic mass is 35.5. The van der Waals surface area contributed by atoms with Crippen molar-refractivity contribution in [1.82, 2.24) is 0 Å². The first kappa shape index (κ1) is 14.1. The van der Waals surface area contributed by atoms with Crippen LogP contribution in [0.25, 0.3) is 0 Å². The quantitative estimate of drug-likeness (QED) is 0.726. The molecule has 0 radical (unpaired) electrons. The zero-order valence-electron chi connectivity index (χ0n) is 10.6. The van der Waals surface area contributed by atoms with E-state index in [9.17, 15) is 4.79 Å². The molecule has 0 bridgehead atoms. The maximum absolute atomic E-state index is 12.3. The molecular weight excluding hydrogens is 279 g/mol. The summed E-state index contributed by atoms with van der Waals surface area (Å²) in [4.78, 5) is 12.3. The molecule has 0 aliphatic rings. The molecule has 19 heavy (non-hydrogen) atoms. The molecule has 0 unspecified atom stereocenters. The fourth-order valence-electron chi connectivity index (χ4n) is 1.93. The van der Waals surface area contributed by atoms with Crippen LogP contribution in [0.2, 0.25) is 10.0 Å². The van der Waals surface area contributed by atoms with Gasteiger partial charge in [-0.3, -0.25) is 4.79 Å². The second kappa shape index (κ2) is 6.23. The molecule has 2 aromatic carbocycles. The maximum atomic E-state index is 12.3. The molecule has 3 heteroatoms. The van der Waals surface area contributed by atoms with E-state index in [4.69, 9.17) is 23.2 Å². The molecule has 0 saturated heterocycles. The second-order valence-electron chi connectivity index (χ2n) is 4.35. The largest absolute Gasteiger partial charge is 0.294 e. The smallest absolute Gasteiger partial charge is 0.167 e. The van der Waals surface area contributed by atoms with Crippen LogP contribution in [0.4, 0.5) is 0 Å². The van der Waals surface area contributed by atoms with E-state index < -0.39 is 0 Å². The van der Waals surface area contributed by atoms with Gasteiger partial charge < -0.3 is 0 Å². The van der Waals surface area contributed by atoms with Crippen LogP contribution in [0.1, 0.15) is 28.4 Å². The van der Waals surface area contributed by atoms with E-state index in [1.54, 1.807) is 18.2 Å². The van der Waals surface area contributed by atoms with E-state index in [0.29, 0.717) is 21.2 Å². The Morgan fingerprint density at radius 2 is 1.68 bits per heavy atom. The minimum atomic E-state index is 0.0327. The first-order chi connectivity index (χ1) is 9.11. The van der Waals surface area contributed by atoms with Gasteiger partial charge >= 0.3 is 0 Å². The average molecular weight is 293 g/mol. The van der Waals surface area contributed by atoms with Crippen LogP contribution in [0, 0.1) is 0 Å². The molecule has 0 spiro atoms. The fraction of sp³-hybridized carbons (Fsp3) is 0.188. The van der Waals surface area contributed by atoms with Gasteiger partial charge in [0.05, 0.1) is 0 Å². The third-order valence-corrected chi connectivity index (χ3v) is 3.76. The number of carbonyl (C=O) groups is 1. The summed E-state index contributed by atoms with van der Waals surface area (Å²) in [7, 11) is 0. The van der Waals surface area contributed by atoms with Crippen LogP contribution >= 0.6 is 23.2 Å². The summed E-state index contributed by atoms with van der Waals surface area (Å²) in [5, 5.41) is 1.07. The monoisotopic (exact) mass is 292 g/mol. The lowest BCUT2D eigenvalue weighted by molar-refractivity contribution is 0.0993. The van der Waals surface area contributed by atoms with E-state index in [1.165, 1.54) is 0 Å². The number of hydrogen-bond acceptors (Lipinski definition) is 1. The highest BCUT2D eigenvalue weighted by Crippen LogP contribution is 2.25. The summed E-state index contributed by atoms with van der Waals surface area (Å²) in [6.45, 7) is 2.06. The highest BCUT2D eigenvalue weighted by molar-refractivity contribution is 6.36. The standard InChI is InChI=1S/C16H14Cl2O/c1-2-11-5-3-6-12(9-11)16(19)10-13-14(17)7-4-8-15(13)18/h3-9H,2,10H2,1H3. The number of ketones is 1. The lowest BCUT2D eigenvalue weighted by atomic mass is 10.0. The molecule has 2 aromatic rings. The summed E-state index contributed by atoms with van der Waals surface area (Å²) < 4.78 is 0. The number of Topliss-reactive ketones (excluding diaryl/α,β-unsaturated/α-hetero) is 1. The van der Waals surface area contributed by atoms with E-state index in [1.807, 2.05) is 24.3 Å². The number of aryl methyl sites for hydroxylation is 1. The Balaban J connectivity index is 2.25. The Bertz CT molecular complexity index is 585. The first-order valence-electron chi connectivity index (χ1n) is 6.17. The molecule has 0 aliphatic heterocycles. The Morgan fingerprint density at radius 1 is 1.05 bits per heavy atom. The topological polar surface area (TPSA) is 17.1 Å². The number of benzene rings is 2. The van der Waals surface area contributed by atoms with Gasteiger partial charge in [-0.1, -0.05) is 54.4 Å². The summed E-state index contributed by atoms with van der Waals surface area (Å²) in [5.41, 5.74) is 2.55. The molecule has 0 heterocycles. The first-order valence-corrected chi connectivity index (χ1v) is 6.92. The van der Waals surface area contributed by atoms with Crippen molar-refractivity contribution in [1.29, 1.82) is 0 Å². The van der Waals surface area contributed by atoms with Crippen molar-refractivity contribution in [2.24, 2.45) is 0 Å². The molecule has 0 N–H and O–H groups in total. The minimum absolute atomic E-state index is 0.0327. The van der Waals surface area contributed by atoms with E-state index in [2.05, 4.69) is 6.92 Å². The van der Waals surface area contributed by atoms with Gasteiger partial charge in [-0.15, -0.1) is 0 Å². The van der Waals surface area contributed by atoms with Crippen LogP contribution in [0.3, 0.4) is 0 Å². The van der Waals surface area contributed by atoms with Crippen LogP contribution in [-0.2, 0) is 12.8 Å². The molecule has 0 atom stereocenters. The lowest BCUT2D eigenvalue weighted by Crippen LogP contribution is -2.05. The number of halogens is 2. The zero-order valence-corrected chi connectivity index (χ0v) is 12.1. The Hall–Kier alpha value is -1.31. The van der Waals surface area contributed by atoms with Crippen molar-refractivity contribution in [2.45, 2.75) is 19.8 Å². The number of carbonyl (C=O) groups excluding carboxylic acids is 1. The molecule has 0 aliphatic carbocycles. The normalized spacial score (nSPS) is 10.5. The number of rotatable bonds is 4. The lowest BCUT2D eigenvalue weighted by Gasteiger charge is -2.07. The van der Waals surface area contributed by atoms with Crippen molar-refractivity contribution in [3.05, 3.63) is 69.2 Å². The third-order valence-electron chi connectivity index (χ3n) is 3.06. The fourth-order valence-corrected chi connectivity index (χ4v) is 2.46. The van der Waals surface area contributed by atoms with Gasteiger partial charge in [0.1, 0.15) is 0 Å². The second-order valence-corrected chi connectivity index (χ2v) is 5.17. The van der Waals surface area contributed by atoms with Gasteiger partial charge in [-0.25, -0.2) is 0 Å². The third kappa shape index (κ3) is 3.37. The van der Waals surface area contributed by atoms with E-state index in [0.717, 1.165) is 12.0 Å². The average Bonchev–Trinajstić information content (AvgIpc) is 2.43. The molecule has 0 saturated carbocycles. The van der Waals surface area contributed by atoms with Crippen molar-refractivity contribution < 1.29 is 4.79 Å². The molecule has 0 fully saturated rings. The molecule has 1 nitrogen and oxygen atoms in total. The Kier molecular flexibility index (Phi) is 4.62. The van der Waals surface area contributed by atoms with Crippen molar-refractivity contribution in [3.8, 4) is 0 Å². The van der Waals surface area contributed by atoms with E-state index >= 15 is 0 Å². The van der Waals surface area contributed by atoms with Gasteiger partial charge in [-0.05, 0) is 35.7 Å². The van der Waals surface area contributed by atoms with Crippen LogP contribution in [-0.4, -0.2) is 5.78 Å². The predicted molar refractivity (Wildman–Crippen MR) is 80.3 cm³/mol. The van der Waals surface area contributed by atoms with Crippen LogP contribution < -0.4 is 0 Å². The summed E-state index contributed by atoms with van der Waals surface area (Å²) in [6.07, 6.45) is 1.14. The molecular formula is C16H14Cl2O. The summed E-state index contributed by atoms with van der Waals surface area (Å²) >= 11 is 12.2. The maximum Gasteiger partial charge on any atom is 0.167 e. The van der Waals surface area contributed by atoms with Crippen molar-refractivity contribution in [2.75, 3.05) is 0 Å². The molecule has 0 amide bonds. The van der Waals surface area contributed by atoms with Gasteiger partial charge in [-0.2, -0.15) is 0 Å².